The molecule has 0 amide bonds. The number of carbonyl (C=O) groups is 1. The fourth-order valence-electron chi connectivity index (χ4n) is 0.804. The molecule has 0 bridgehead atoms. The first-order valence-corrected chi connectivity index (χ1v) is 3.72. The van der Waals surface area contributed by atoms with Gasteiger partial charge in [0.05, 0.1) is 0 Å². The van der Waals surface area contributed by atoms with Crippen LogP contribution < -0.4 is 0 Å². The van der Waals surface area contributed by atoms with Crippen molar-refractivity contribution in [1.29, 1.82) is 0 Å². The molecule has 1 rings (SSSR count). The van der Waals surface area contributed by atoms with Gasteiger partial charge in [0.25, 0.3) is 6.43 Å². The normalized spacial score (nSPS) is 10.6. The van der Waals surface area contributed by atoms with Crippen molar-refractivity contribution in [3.63, 3.8) is 0 Å². The molecule has 0 saturated carbocycles. The van der Waals surface area contributed by atoms with Crippen molar-refractivity contribution in [3.8, 4) is 5.75 Å². The summed E-state index contributed by atoms with van der Waals surface area (Å²) in [6.07, 6.45) is -3.00. The number of halogens is 3. The fraction of sp³-hybridized carbons (Fsp3) is 0.143. The number of rotatable bonds is 2. The highest BCUT2D eigenvalue weighted by atomic mass is 35.5. The number of aromatic nitrogens is 1. The molecule has 0 aliphatic carbocycles. The third kappa shape index (κ3) is 1.90. The van der Waals surface area contributed by atoms with Crippen molar-refractivity contribution >= 4 is 17.6 Å². The summed E-state index contributed by atoms with van der Waals surface area (Å²) < 4.78 is 24.2. The van der Waals surface area contributed by atoms with E-state index in [1.165, 1.54) is 0 Å². The van der Waals surface area contributed by atoms with Crippen LogP contribution in [0.2, 0.25) is 5.15 Å². The Balaban J connectivity index is 3.31. The lowest BCUT2D eigenvalue weighted by molar-refractivity contribution is 0.0695. The van der Waals surface area contributed by atoms with E-state index < -0.39 is 34.6 Å². The van der Waals surface area contributed by atoms with E-state index in [2.05, 4.69) is 4.98 Å². The molecule has 0 fully saturated rings. The number of hydrogen-bond acceptors (Lipinski definition) is 3. The number of aromatic hydroxyl groups is 1. The van der Waals surface area contributed by atoms with Crippen molar-refractivity contribution in [1.82, 2.24) is 4.98 Å². The predicted octanol–water partition coefficient (Wildman–Crippen LogP) is 2.08. The Morgan fingerprint density at radius 1 is 1.57 bits per heavy atom. The Kier molecular flexibility index (Phi) is 2.85. The second-order valence-corrected chi connectivity index (χ2v) is 2.69. The lowest BCUT2D eigenvalue weighted by Crippen LogP contribution is -2.02. The van der Waals surface area contributed by atoms with Crippen LogP contribution in [0.5, 0.6) is 5.75 Å². The molecule has 76 valence electrons. The Bertz CT molecular complexity index is 383. The molecule has 1 aromatic heterocycles. The highest BCUT2D eigenvalue weighted by Crippen LogP contribution is 2.29. The van der Waals surface area contributed by atoms with Gasteiger partial charge in [0.1, 0.15) is 22.2 Å². The first-order valence-electron chi connectivity index (χ1n) is 3.34. The van der Waals surface area contributed by atoms with Gasteiger partial charge < -0.3 is 10.2 Å². The summed E-state index contributed by atoms with van der Waals surface area (Å²) in [4.78, 5) is 13.5. The van der Waals surface area contributed by atoms with Crippen LogP contribution in [0.15, 0.2) is 6.07 Å². The molecule has 0 radical (unpaired) electrons. The Labute approximate surface area is 81.8 Å². The van der Waals surface area contributed by atoms with E-state index in [-0.39, 0.29) is 0 Å². The van der Waals surface area contributed by atoms with Gasteiger partial charge in [-0.05, 0) is 6.07 Å². The summed E-state index contributed by atoms with van der Waals surface area (Å²) in [7, 11) is 0. The summed E-state index contributed by atoms with van der Waals surface area (Å²) in [5.41, 5.74) is -1.45. The van der Waals surface area contributed by atoms with Crippen molar-refractivity contribution < 1.29 is 23.8 Å². The zero-order valence-corrected chi connectivity index (χ0v) is 7.29. The largest absolute Gasteiger partial charge is 0.506 e. The minimum absolute atomic E-state index is 0.520. The second kappa shape index (κ2) is 3.75. The number of aromatic carboxylic acids is 1. The molecule has 1 aromatic rings. The van der Waals surface area contributed by atoms with E-state index in [1.807, 2.05) is 0 Å². The number of pyridine rings is 1. The molecular formula is C7H4ClF2NO3. The molecule has 7 heteroatoms. The van der Waals surface area contributed by atoms with E-state index in [1.54, 1.807) is 0 Å². The van der Waals surface area contributed by atoms with Crippen LogP contribution in [-0.4, -0.2) is 21.2 Å². The average molecular weight is 224 g/mol. The van der Waals surface area contributed by atoms with Crippen molar-refractivity contribution in [2.75, 3.05) is 0 Å². The minimum atomic E-state index is -3.00. The van der Waals surface area contributed by atoms with Crippen LogP contribution in [0.1, 0.15) is 22.5 Å². The lowest BCUT2D eigenvalue weighted by atomic mass is 10.2. The average Bonchev–Trinajstić information content (AvgIpc) is 2.07. The first kappa shape index (κ1) is 10.6. The second-order valence-electron chi connectivity index (χ2n) is 2.34. The van der Waals surface area contributed by atoms with Gasteiger partial charge in [-0.1, -0.05) is 11.6 Å². The van der Waals surface area contributed by atoms with E-state index in [4.69, 9.17) is 21.8 Å². The highest BCUT2D eigenvalue weighted by molar-refractivity contribution is 6.32. The molecular weight excluding hydrogens is 220 g/mol. The van der Waals surface area contributed by atoms with Gasteiger partial charge in [-0.3, -0.25) is 0 Å². The van der Waals surface area contributed by atoms with Crippen LogP contribution >= 0.6 is 11.6 Å². The van der Waals surface area contributed by atoms with Gasteiger partial charge in [-0.25, -0.2) is 18.6 Å². The zero-order valence-electron chi connectivity index (χ0n) is 6.54. The Hall–Kier alpha value is -1.43. The zero-order chi connectivity index (χ0) is 10.9. The number of alkyl halides is 2. The van der Waals surface area contributed by atoms with Gasteiger partial charge in [0, 0.05) is 0 Å². The first-order chi connectivity index (χ1) is 6.43. The van der Waals surface area contributed by atoms with E-state index >= 15 is 0 Å². The Morgan fingerprint density at radius 2 is 2.14 bits per heavy atom. The van der Waals surface area contributed by atoms with Gasteiger partial charge in [0.15, 0.2) is 0 Å². The third-order valence-electron chi connectivity index (χ3n) is 1.42. The molecule has 0 aliphatic rings. The summed E-state index contributed by atoms with van der Waals surface area (Å²) in [5.74, 6) is -2.33. The van der Waals surface area contributed by atoms with Crippen LogP contribution in [0.4, 0.5) is 8.78 Å². The number of hydrogen-bond donors (Lipinski definition) is 2. The molecule has 0 saturated heterocycles. The molecule has 0 aromatic carbocycles. The van der Waals surface area contributed by atoms with Crippen molar-refractivity contribution in [2.45, 2.75) is 6.43 Å². The highest BCUT2D eigenvalue weighted by Gasteiger charge is 2.20. The van der Waals surface area contributed by atoms with Gasteiger partial charge in [-0.15, -0.1) is 0 Å². The van der Waals surface area contributed by atoms with Gasteiger partial charge >= 0.3 is 5.97 Å². The fourth-order valence-corrected chi connectivity index (χ4v) is 1.03. The van der Waals surface area contributed by atoms with E-state index in [0.29, 0.717) is 6.07 Å². The minimum Gasteiger partial charge on any atom is -0.506 e. The van der Waals surface area contributed by atoms with E-state index in [0.717, 1.165) is 0 Å². The van der Waals surface area contributed by atoms with Crippen LogP contribution in [0, 0.1) is 0 Å². The standard InChI is InChI=1S/C7H4ClF2NO3/c8-5-2(7(13)14)1-3(12)4(11-5)6(9)10/h1,6,12H,(H,13,14). The number of nitrogens with zero attached hydrogens (tertiary/aromatic N) is 1. The van der Waals surface area contributed by atoms with Crippen molar-refractivity contribution in [3.05, 3.63) is 22.5 Å². The number of carboxylic acid groups (broad SMARTS) is 1. The quantitative estimate of drug-likeness (QED) is 0.753. The molecule has 0 unspecified atom stereocenters. The SMILES string of the molecule is O=C(O)c1cc(O)c(C(F)F)nc1Cl. The molecule has 4 nitrogen and oxygen atoms in total. The van der Waals surface area contributed by atoms with Gasteiger partial charge in [-0.2, -0.15) is 0 Å². The summed E-state index contributed by atoms with van der Waals surface area (Å²) in [6, 6.07) is 0.638. The molecule has 0 spiro atoms. The summed E-state index contributed by atoms with van der Waals surface area (Å²) in [6.45, 7) is 0. The van der Waals surface area contributed by atoms with E-state index in [9.17, 15) is 13.6 Å². The van der Waals surface area contributed by atoms with Gasteiger partial charge in [0.2, 0.25) is 0 Å². The van der Waals surface area contributed by atoms with Crippen LogP contribution in [0.25, 0.3) is 0 Å². The van der Waals surface area contributed by atoms with Crippen molar-refractivity contribution in [2.24, 2.45) is 0 Å². The summed E-state index contributed by atoms with van der Waals surface area (Å²) in [5, 5.41) is 16.9. The molecule has 2 N–H and O–H groups in total. The van der Waals surface area contributed by atoms with Crippen LogP contribution in [0.3, 0.4) is 0 Å². The number of carboxylic acids is 1. The maximum absolute atomic E-state index is 12.1. The lowest BCUT2D eigenvalue weighted by Gasteiger charge is -2.04. The smallest absolute Gasteiger partial charge is 0.338 e. The van der Waals surface area contributed by atoms with Crippen LogP contribution in [-0.2, 0) is 0 Å². The molecule has 0 aliphatic heterocycles. The molecule has 0 atom stereocenters. The molecule has 14 heavy (non-hydrogen) atoms. The topological polar surface area (TPSA) is 70.4 Å². The maximum Gasteiger partial charge on any atom is 0.338 e. The third-order valence-corrected chi connectivity index (χ3v) is 1.71. The Morgan fingerprint density at radius 3 is 2.57 bits per heavy atom. The monoisotopic (exact) mass is 223 g/mol. The predicted molar refractivity (Wildman–Crippen MR) is 42.8 cm³/mol. The molecule has 1 heterocycles. The summed E-state index contributed by atoms with van der Waals surface area (Å²) >= 11 is 5.30. The maximum atomic E-state index is 12.1.